The van der Waals surface area contributed by atoms with Gasteiger partial charge in [0.2, 0.25) is 0 Å². The first-order valence-corrected chi connectivity index (χ1v) is 4.55. The van der Waals surface area contributed by atoms with Crippen LogP contribution in [0.5, 0.6) is 0 Å². The Morgan fingerprint density at radius 1 is 1.36 bits per heavy atom. The molecule has 1 rings (SSSR count). The monoisotopic (exact) mass is 154 g/mol. The molecule has 1 nitrogen and oxygen atoms in total. The highest BCUT2D eigenvalue weighted by atomic mass is 16.5. The number of ether oxygens (including phenoxy) is 1. The fraction of sp³-hybridized carbons (Fsp3) is 0.800. The molecule has 0 bridgehead atoms. The molecule has 1 saturated carbocycles. The van der Waals surface area contributed by atoms with Crippen molar-refractivity contribution in [3.05, 3.63) is 12.7 Å². The molecule has 0 heterocycles. The molecule has 0 amide bonds. The third-order valence-corrected chi connectivity index (χ3v) is 2.41. The van der Waals surface area contributed by atoms with E-state index in [1.54, 1.807) is 0 Å². The van der Waals surface area contributed by atoms with Gasteiger partial charge in [0.25, 0.3) is 0 Å². The molecule has 0 aromatic heterocycles. The van der Waals surface area contributed by atoms with Gasteiger partial charge in [0, 0.05) is 0 Å². The molecule has 64 valence electrons. The van der Waals surface area contributed by atoms with Crippen LogP contribution in [0.4, 0.5) is 0 Å². The Labute approximate surface area is 69.4 Å². The van der Waals surface area contributed by atoms with Gasteiger partial charge in [-0.25, -0.2) is 0 Å². The molecule has 1 aliphatic carbocycles. The van der Waals surface area contributed by atoms with Gasteiger partial charge in [-0.2, -0.15) is 0 Å². The molecule has 0 saturated heterocycles. The van der Waals surface area contributed by atoms with Crippen LogP contribution in [-0.4, -0.2) is 12.7 Å². The molecular weight excluding hydrogens is 136 g/mol. The molecule has 11 heavy (non-hydrogen) atoms. The van der Waals surface area contributed by atoms with Crippen LogP contribution >= 0.6 is 0 Å². The van der Waals surface area contributed by atoms with Crippen molar-refractivity contribution in [1.82, 2.24) is 0 Å². The van der Waals surface area contributed by atoms with Gasteiger partial charge in [-0.3, -0.25) is 0 Å². The molecule has 1 fully saturated rings. The fourth-order valence-corrected chi connectivity index (χ4v) is 1.60. The second kappa shape index (κ2) is 4.55. The van der Waals surface area contributed by atoms with Crippen molar-refractivity contribution in [1.29, 1.82) is 0 Å². The summed E-state index contributed by atoms with van der Waals surface area (Å²) < 4.78 is 5.56. The third kappa shape index (κ3) is 3.06. The summed E-state index contributed by atoms with van der Waals surface area (Å²) in [6.45, 7) is 6.68. The smallest absolute Gasteiger partial charge is 0.0648 e. The lowest BCUT2D eigenvalue weighted by atomic mass is 9.89. The molecule has 0 unspecified atom stereocenters. The summed E-state index contributed by atoms with van der Waals surface area (Å²) in [4.78, 5) is 0. The zero-order valence-electron chi connectivity index (χ0n) is 7.38. The molecule has 0 N–H and O–H groups in total. The van der Waals surface area contributed by atoms with E-state index in [9.17, 15) is 0 Å². The van der Waals surface area contributed by atoms with E-state index >= 15 is 0 Å². The van der Waals surface area contributed by atoms with Gasteiger partial charge in [-0.15, -0.1) is 6.58 Å². The van der Waals surface area contributed by atoms with E-state index in [1.807, 2.05) is 6.08 Å². The first kappa shape index (κ1) is 8.79. The molecular formula is C10H18O. The maximum absolute atomic E-state index is 5.56. The Hall–Kier alpha value is -0.300. The van der Waals surface area contributed by atoms with Crippen LogP contribution in [0.25, 0.3) is 0 Å². The minimum absolute atomic E-state index is 0.518. The normalized spacial score (nSPS) is 31.7. The van der Waals surface area contributed by atoms with E-state index in [2.05, 4.69) is 13.5 Å². The van der Waals surface area contributed by atoms with Crippen molar-refractivity contribution in [2.45, 2.75) is 38.7 Å². The summed E-state index contributed by atoms with van der Waals surface area (Å²) in [7, 11) is 0. The van der Waals surface area contributed by atoms with Gasteiger partial charge in [-0.1, -0.05) is 13.0 Å². The standard InChI is InChI=1S/C10H18O/c1-3-8-11-10-6-4-9(2)5-7-10/h3,9-10H,1,4-8H2,2H3. The van der Waals surface area contributed by atoms with Gasteiger partial charge >= 0.3 is 0 Å². The van der Waals surface area contributed by atoms with Gasteiger partial charge in [0.15, 0.2) is 0 Å². The quantitative estimate of drug-likeness (QED) is 0.568. The van der Waals surface area contributed by atoms with Crippen LogP contribution < -0.4 is 0 Å². The van der Waals surface area contributed by atoms with Gasteiger partial charge in [0.05, 0.1) is 12.7 Å². The SMILES string of the molecule is C=CCOC1CCC(C)CC1. The molecule has 0 aromatic rings. The Morgan fingerprint density at radius 3 is 2.55 bits per heavy atom. The Bertz CT molecular complexity index is 112. The summed E-state index contributed by atoms with van der Waals surface area (Å²) in [6, 6.07) is 0. The second-order valence-electron chi connectivity index (χ2n) is 3.50. The Balaban J connectivity index is 2.12. The zero-order valence-corrected chi connectivity index (χ0v) is 7.38. The summed E-state index contributed by atoms with van der Waals surface area (Å²) in [5.74, 6) is 0.915. The minimum atomic E-state index is 0.518. The maximum atomic E-state index is 5.56. The molecule has 0 radical (unpaired) electrons. The van der Waals surface area contributed by atoms with Crippen molar-refractivity contribution < 1.29 is 4.74 Å². The summed E-state index contributed by atoms with van der Waals surface area (Å²) in [6.07, 6.45) is 7.51. The maximum Gasteiger partial charge on any atom is 0.0648 e. The highest BCUT2D eigenvalue weighted by Crippen LogP contribution is 2.25. The fourth-order valence-electron chi connectivity index (χ4n) is 1.60. The molecule has 0 aromatic carbocycles. The lowest BCUT2D eigenvalue weighted by molar-refractivity contribution is 0.0368. The van der Waals surface area contributed by atoms with E-state index < -0.39 is 0 Å². The number of rotatable bonds is 3. The van der Waals surface area contributed by atoms with Crippen LogP contribution in [-0.2, 0) is 4.74 Å². The van der Waals surface area contributed by atoms with Gasteiger partial charge in [-0.05, 0) is 31.6 Å². The molecule has 0 atom stereocenters. The van der Waals surface area contributed by atoms with Gasteiger partial charge < -0.3 is 4.74 Å². The lowest BCUT2D eigenvalue weighted by Gasteiger charge is -2.25. The average Bonchev–Trinajstić information content (AvgIpc) is 2.04. The third-order valence-electron chi connectivity index (χ3n) is 2.41. The second-order valence-corrected chi connectivity index (χ2v) is 3.50. The molecule has 0 aliphatic heterocycles. The van der Waals surface area contributed by atoms with Crippen LogP contribution in [0, 0.1) is 5.92 Å². The predicted molar refractivity (Wildman–Crippen MR) is 47.6 cm³/mol. The van der Waals surface area contributed by atoms with Crippen LogP contribution in [0.15, 0.2) is 12.7 Å². The lowest BCUT2D eigenvalue weighted by Crippen LogP contribution is -2.20. The van der Waals surface area contributed by atoms with Crippen molar-refractivity contribution >= 4 is 0 Å². The van der Waals surface area contributed by atoms with Crippen molar-refractivity contribution in [3.63, 3.8) is 0 Å². The van der Waals surface area contributed by atoms with Crippen molar-refractivity contribution in [3.8, 4) is 0 Å². The summed E-state index contributed by atoms with van der Waals surface area (Å²) in [5, 5.41) is 0. The minimum Gasteiger partial charge on any atom is -0.374 e. The Kier molecular flexibility index (Phi) is 3.64. The summed E-state index contributed by atoms with van der Waals surface area (Å²) in [5.41, 5.74) is 0. The van der Waals surface area contributed by atoms with E-state index in [-0.39, 0.29) is 0 Å². The zero-order chi connectivity index (χ0) is 8.10. The largest absolute Gasteiger partial charge is 0.374 e. The van der Waals surface area contributed by atoms with E-state index in [0.717, 1.165) is 12.5 Å². The highest BCUT2D eigenvalue weighted by Gasteiger charge is 2.17. The molecule has 0 spiro atoms. The van der Waals surface area contributed by atoms with Crippen molar-refractivity contribution in [2.24, 2.45) is 5.92 Å². The Morgan fingerprint density at radius 2 is 2.00 bits per heavy atom. The molecule has 1 aliphatic rings. The first-order valence-electron chi connectivity index (χ1n) is 4.55. The van der Waals surface area contributed by atoms with Crippen LogP contribution in [0.3, 0.4) is 0 Å². The van der Waals surface area contributed by atoms with Crippen molar-refractivity contribution in [2.75, 3.05) is 6.61 Å². The summed E-state index contributed by atoms with van der Waals surface area (Å²) >= 11 is 0. The number of hydrogen-bond donors (Lipinski definition) is 0. The molecule has 1 heteroatoms. The van der Waals surface area contributed by atoms with E-state index in [0.29, 0.717) is 6.10 Å². The first-order chi connectivity index (χ1) is 5.33. The average molecular weight is 154 g/mol. The van der Waals surface area contributed by atoms with Gasteiger partial charge in [0.1, 0.15) is 0 Å². The van der Waals surface area contributed by atoms with Crippen LogP contribution in [0.2, 0.25) is 0 Å². The highest BCUT2D eigenvalue weighted by molar-refractivity contribution is 4.72. The van der Waals surface area contributed by atoms with Crippen LogP contribution in [0.1, 0.15) is 32.6 Å². The predicted octanol–water partition coefficient (Wildman–Crippen LogP) is 2.77. The van der Waals surface area contributed by atoms with E-state index in [1.165, 1.54) is 25.7 Å². The topological polar surface area (TPSA) is 9.23 Å². The number of hydrogen-bond acceptors (Lipinski definition) is 1. The van der Waals surface area contributed by atoms with E-state index in [4.69, 9.17) is 4.74 Å².